The Labute approximate surface area is 62.6 Å². The van der Waals surface area contributed by atoms with Crippen LogP contribution in [0.3, 0.4) is 0 Å². The van der Waals surface area contributed by atoms with E-state index >= 15 is 0 Å². The molecule has 1 N–H and O–H groups in total. The molecule has 0 spiro atoms. The highest BCUT2D eigenvalue weighted by atomic mass is 15.2. The number of nitrogens with one attached hydrogen (secondary N) is 1. The average molecular weight is 139 g/mol. The van der Waals surface area contributed by atoms with Crippen LogP contribution < -0.4 is 5.32 Å². The molecule has 0 atom stereocenters. The topological polar surface area (TPSA) is 15.3 Å². The van der Waals surface area contributed by atoms with Crippen LogP contribution in [0.15, 0.2) is 0 Å². The van der Waals surface area contributed by atoms with E-state index in [9.17, 15) is 0 Å². The highest BCUT2D eigenvalue weighted by Gasteiger charge is 2.24. The van der Waals surface area contributed by atoms with Gasteiger partial charge >= 0.3 is 0 Å². The number of likely N-dealkylation sites (tertiary alicyclic amines) is 1. The van der Waals surface area contributed by atoms with Gasteiger partial charge in [0, 0.05) is 19.1 Å². The highest BCUT2D eigenvalue weighted by molar-refractivity contribution is 4.92. The van der Waals surface area contributed by atoms with E-state index < -0.39 is 0 Å². The molecule has 2 heterocycles. The zero-order chi connectivity index (χ0) is 6.81. The summed E-state index contributed by atoms with van der Waals surface area (Å²) in [6, 6.07) is 0.895. The summed E-state index contributed by atoms with van der Waals surface area (Å²) < 4.78 is 0. The summed E-state index contributed by atoms with van der Waals surface area (Å²) in [4.78, 5) is 2.57. The Bertz CT molecular complexity index is 104. The summed E-state index contributed by atoms with van der Waals surface area (Å²) in [5, 5.41) is 3.38. The van der Waals surface area contributed by atoms with Crippen LogP contribution in [0.1, 0.15) is 12.8 Å². The molecule has 2 rings (SSSR count). The second-order valence-corrected chi connectivity index (χ2v) is 3.22. The van der Waals surface area contributed by atoms with Crippen molar-refractivity contribution in [3.8, 4) is 0 Å². The molecule has 0 aliphatic carbocycles. The van der Waals surface area contributed by atoms with E-state index in [0.717, 1.165) is 6.04 Å². The summed E-state index contributed by atoms with van der Waals surface area (Å²) in [6.07, 6.45) is 5.06. The van der Waals surface area contributed by atoms with E-state index in [1.54, 1.807) is 0 Å². The molecule has 10 heavy (non-hydrogen) atoms. The fraction of sp³-hybridized carbons (Fsp3) is 0.875. The Morgan fingerprint density at radius 1 is 1.20 bits per heavy atom. The Kier molecular flexibility index (Phi) is 1.91. The minimum Gasteiger partial charge on any atom is -0.317 e. The number of hydrogen-bond donors (Lipinski definition) is 1. The number of nitrogens with zero attached hydrogens (tertiary/aromatic N) is 1. The molecule has 0 bridgehead atoms. The molecule has 0 aromatic carbocycles. The lowest BCUT2D eigenvalue weighted by Gasteiger charge is -2.40. The molecule has 0 amide bonds. The van der Waals surface area contributed by atoms with Crippen LogP contribution in [0.2, 0.25) is 0 Å². The third kappa shape index (κ3) is 1.18. The highest BCUT2D eigenvalue weighted by Crippen LogP contribution is 2.17. The average Bonchev–Trinajstić information content (AvgIpc) is 1.86. The van der Waals surface area contributed by atoms with Crippen molar-refractivity contribution in [2.75, 3.05) is 26.2 Å². The van der Waals surface area contributed by atoms with Crippen LogP contribution in [-0.2, 0) is 0 Å². The smallest absolute Gasteiger partial charge is 0.0120 e. The van der Waals surface area contributed by atoms with Crippen LogP contribution in [-0.4, -0.2) is 37.1 Å². The Balaban J connectivity index is 1.78. The number of piperidine rings is 1. The molecular formula is C8H15N2. The fourth-order valence-corrected chi connectivity index (χ4v) is 1.75. The van der Waals surface area contributed by atoms with Crippen molar-refractivity contribution in [3.05, 3.63) is 6.42 Å². The fourth-order valence-electron chi connectivity index (χ4n) is 1.75. The summed E-state index contributed by atoms with van der Waals surface area (Å²) in [7, 11) is 0. The predicted molar refractivity (Wildman–Crippen MR) is 41.8 cm³/mol. The maximum absolute atomic E-state index is 3.38. The van der Waals surface area contributed by atoms with E-state index in [1.807, 2.05) is 0 Å². The van der Waals surface area contributed by atoms with E-state index in [2.05, 4.69) is 16.6 Å². The van der Waals surface area contributed by atoms with Gasteiger partial charge in [0.15, 0.2) is 0 Å². The van der Waals surface area contributed by atoms with Crippen LogP contribution in [0.5, 0.6) is 0 Å². The predicted octanol–water partition coefficient (Wildman–Crippen LogP) is 0.258. The third-order valence-electron chi connectivity index (χ3n) is 2.55. The first-order valence-corrected chi connectivity index (χ1v) is 4.23. The number of hydrogen-bond acceptors (Lipinski definition) is 2. The molecule has 1 radical (unpaired) electrons. The molecule has 0 unspecified atom stereocenters. The molecule has 57 valence electrons. The zero-order valence-corrected chi connectivity index (χ0v) is 6.34. The van der Waals surface area contributed by atoms with Crippen LogP contribution >= 0.6 is 0 Å². The van der Waals surface area contributed by atoms with Gasteiger partial charge in [0.25, 0.3) is 0 Å². The molecule has 2 nitrogen and oxygen atoms in total. The minimum atomic E-state index is 0.895. The summed E-state index contributed by atoms with van der Waals surface area (Å²) in [6.45, 7) is 4.93. The molecule has 2 aliphatic rings. The first kappa shape index (κ1) is 6.62. The molecule has 2 fully saturated rings. The van der Waals surface area contributed by atoms with Crippen molar-refractivity contribution in [3.63, 3.8) is 0 Å². The minimum absolute atomic E-state index is 0.895. The normalized spacial score (nSPS) is 30.0. The van der Waals surface area contributed by atoms with Crippen molar-refractivity contribution in [1.82, 2.24) is 10.2 Å². The quantitative estimate of drug-likeness (QED) is 0.560. The molecule has 2 saturated heterocycles. The SMILES string of the molecule is [CH]1CN(C2CCNCC2)C1. The summed E-state index contributed by atoms with van der Waals surface area (Å²) in [5.74, 6) is 0. The van der Waals surface area contributed by atoms with Crippen molar-refractivity contribution in [2.45, 2.75) is 18.9 Å². The van der Waals surface area contributed by atoms with Crippen LogP contribution in [0.4, 0.5) is 0 Å². The molecule has 0 aromatic heterocycles. The molecule has 2 heteroatoms. The van der Waals surface area contributed by atoms with Crippen molar-refractivity contribution < 1.29 is 0 Å². The van der Waals surface area contributed by atoms with E-state index in [0.29, 0.717) is 0 Å². The Morgan fingerprint density at radius 3 is 2.40 bits per heavy atom. The maximum Gasteiger partial charge on any atom is 0.0120 e. The van der Waals surface area contributed by atoms with E-state index in [-0.39, 0.29) is 0 Å². The van der Waals surface area contributed by atoms with Gasteiger partial charge in [-0.05, 0) is 32.4 Å². The van der Waals surface area contributed by atoms with Crippen LogP contribution in [0, 0.1) is 6.42 Å². The first-order chi connectivity index (χ1) is 4.97. The van der Waals surface area contributed by atoms with Gasteiger partial charge in [-0.1, -0.05) is 0 Å². The molecular weight excluding hydrogens is 124 g/mol. The van der Waals surface area contributed by atoms with Crippen molar-refractivity contribution >= 4 is 0 Å². The second-order valence-electron chi connectivity index (χ2n) is 3.22. The largest absolute Gasteiger partial charge is 0.317 e. The van der Waals surface area contributed by atoms with Crippen molar-refractivity contribution in [2.24, 2.45) is 0 Å². The standard InChI is InChI=1S/C8H15N2/c1-6-10(7-1)8-2-4-9-5-3-8/h1,8-9H,2-7H2. The summed E-state index contributed by atoms with van der Waals surface area (Å²) >= 11 is 0. The van der Waals surface area contributed by atoms with Gasteiger partial charge < -0.3 is 5.32 Å². The first-order valence-electron chi connectivity index (χ1n) is 4.23. The van der Waals surface area contributed by atoms with Gasteiger partial charge in [0.2, 0.25) is 0 Å². The molecule has 2 aliphatic heterocycles. The lowest BCUT2D eigenvalue weighted by Crippen LogP contribution is -2.49. The Hall–Kier alpha value is -0.0800. The molecule has 0 saturated carbocycles. The monoisotopic (exact) mass is 139 g/mol. The zero-order valence-electron chi connectivity index (χ0n) is 6.34. The lowest BCUT2D eigenvalue weighted by molar-refractivity contribution is 0.138. The van der Waals surface area contributed by atoms with Gasteiger partial charge in [-0.25, -0.2) is 0 Å². The van der Waals surface area contributed by atoms with Gasteiger partial charge in [-0.3, -0.25) is 4.90 Å². The van der Waals surface area contributed by atoms with Crippen LogP contribution in [0.25, 0.3) is 0 Å². The van der Waals surface area contributed by atoms with Gasteiger partial charge in [-0.15, -0.1) is 0 Å². The number of rotatable bonds is 1. The molecule has 0 aromatic rings. The van der Waals surface area contributed by atoms with E-state index in [1.165, 1.54) is 39.0 Å². The Morgan fingerprint density at radius 2 is 1.90 bits per heavy atom. The lowest BCUT2D eigenvalue weighted by atomic mass is 10.0. The maximum atomic E-state index is 3.38. The summed E-state index contributed by atoms with van der Waals surface area (Å²) in [5.41, 5.74) is 0. The van der Waals surface area contributed by atoms with Crippen molar-refractivity contribution in [1.29, 1.82) is 0 Å². The van der Waals surface area contributed by atoms with Gasteiger partial charge in [0.05, 0.1) is 0 Å². The third-order valence-corrected chi connectivity index (χ3v) is 2.55. The van der Waals surface area contributed by atoms with Gasteiger partial charge in [0.1, 0.15) is 0 Å². The van der Waals surface area contributed by atoms with E-state index in [4.69, 9.17) is 0 Å². The second kappa shape index (κ2) is 2.89. The van der Waals surface area contributed by atoms with Gasteiger partial charge in [-0.2, -0.15) is 0 Å².